The van der Waals surface area contributed by atoms with Crippen molar-refractivity contribution in [1.82, 2.24) is 9.97 Å². The molecule has 0 bridgehead atoms. The van der Waals surface area contributed by atoms with Gasteiger partial charge in [0.05, 0.1) is 13.2 Å². The van der Waals surface area contributed by atoms with Crippen LogP contribution in [0.1, 0.15) is 11.1 Å². The van der Waals surface area contributed by atoms with Gasteiger partial charge in [-0.1, -0.05) is 11.6 Å². The molecule has 3 rings (SSSR count). The minimum absolute atomic E-state index is 0.114. The summed E-state index contributed by atoms with van der Waals surface area (Å²) in [6, 6.07) is 5.37. The van der Waals surface area contributed by atoms with Crippen molar-refractivity contribution in [3.8, 4) is 5.75 Å². The number of rotatable bonds is 5. The summed E-state index contributed by atoms with van der Waals surface area (Å²) >= 11 is 6.14. The Morgan fingerprint density at radius 1 is 1.23 bits per heavy atom. The minimum Gasteiger partial charge on any atom is -0.484 e. The standard InChI is InChI=1S/C18H21ClN4O3/c1-12-7-14(8-13(2)18(12)19)26-10-17(24)22-15-9-16(21-11-20-15)23-3-5-25-6-4-23/h7-9,11H,3-6,10H2,1-2H3,(H,20,21,22,24). The van der Waals surface area contributed by atoms with Crippen molar-refractivity contribution in [1.29, 1.82) is 0 Å². The molecule has 1 aliphatic rings. The molecule has 2 heterocycles. The second kappa shape index (κ2) is 8.33. The Bertz CT molecular complexity index is 771. The summed E-state index contributed by atoms with van der Waals surface area (Å²) in [5.41, 5.74) is 1.82. The SMILES string of the molecule is Cc1cc(OCC(=O)Nc2cc(N3CCOCC3)ncn2)cc(C)c1Cl. The molecule has 0 unspecified atom stereocenters. The van der Waals surface area contributed by atoms with Gasteiger partial charge in [-0.2, -0.15) is 0 Å². The van der Waals surface area contributed by atoms with E-state index in [1.165, 1.54) is 6.33 Å². The van der Waals surface area contributed by atoms with E-state index < -0.39 is 0 Å². The van der Waals surface area contributed by atoms with Gasteiger partial charge in [-0.3, -0.25) is 4.79 Å². The number of nitrogens with one attached hydrogen (secondary N) is 1. The van der Waals surface area contributed by atoms with E-state index in [0.29, 0.717) is 29.8 Å². The van der Waals surface area contributed by atoms with Gasteiger partial charge in [0.2, 0.25) is 0 Å². The van der Waals surface area contributed by atoms with Gasteiger partial charge in [-0.25, -0.2) is 9.97 Å². The van der Waals surface area contributed by atoms with Crippen LogP contribution in [0, 0.1) is 13.8 Å². The van der Waals surface area contributed by atoms with Gasteiger partial charge in [0.1, 0.15) is 23.7 Å². The smallest absolute Gasteiger partial charge is 0.263 e. The molecule has 0 spiro atoms. The van der Waals surface area contributed by atoms with Crippen molar-refractivity contribution in [2.75, 3.05) is 43.1 Å². The van der Waals surface area contributed by atoms with Gasteiger partial charge < -0.3 is 19.7 Å². The van der Waals surface area contributed by atoms with E-state index in [1.54, 1.807) is 6.07 Å². The molecule has 1 amide bonds. The van der Waals surface area contributed by atoms with Gasteiger partial charge in [-0.05, 0) is 37.1 Å². The summed E-state index contributed by atoms with van der Waals surface area (Å²) < 4.78 is 10.9. The lowest BCUT2D eigenvalue weighted by molar-refractivity contribution is -0.118. The molecule has 1 aliphatic heterocycles. The molecule has 0 aliphatic carbocycles. The number of carbonyl (C=O) groups excluding carboxylic acids is 1. The van der Waals surface area contributed by atoms with Crippen LogP contribution in [0.3, 0.4) is 0 Å². The molecule has 0 atom stereocenters. The topological polar surface area (TPSA) is 76.6 Å². The Labute approximate surface area is 157 Å². The fourth-order valence-electron chi connectivity index (χ4n) is 2.70. The van der Waals surface area contributed by atoms with Crippen LogP contribution in [0.4, 0.5) is 11.6 Å². The number of morpholine rings is 1. The van der Waals surface area contributed by atoms with Crippen molar-refractivity contribution in [2.45, 2.75) is 13.8 Å². The molecule has 0 saturated carbocycles. The van der Waals surface area contributed by atoms with Crippen LogP contribution in [0.5, 0.6) is 5.75 Å². The molecule has 1 N–H and O–H groups in total. The number of aryl methyl sites for hydroxylation is 2. The third-order valence-electron chi connectivity index (χ3n) is 4.04. The highest BCUT2D eigenvalue weighted by molar-refractivity contribution is 6.32. The molecule has 1 aromatic heterocycles. The predicted molar refractivity (Wildman–Crippen MR) is 100 cm³/mol. The van der Waals surface area contributed by atoms with Crippen LogP contribution in [-0.4, -0.2) is 48.8 Å². The summed E-state index contributed by atoms with van der Waals surface area (Å²) in [7, 11) is 0. The average Bonchev–Trinajstić information content (AvgIpc) is 2.65. The maximum Gasteiger partial charge on any atom is 0.263 e. The lowest BCUT2D eigenvalue weighted by Crippen LogP contribution is -2.36. The minimum atomic E-state index is -0.290. The van der Waals surface area contributed by atoms with Crippen molar-refractivity contribution in [3.63, 3.8) is 0 Å². The van der Waals surface area contributed by atoms with E-state index in [1.807, 2.05) is 26.0 Å². The summed E-state index contributed by atoms with van der Waals surface area (Å²) in [5, 5.41) is 3.44. The first kappa shape index (κ1) is 18.4. The summed E-state index contributed by atoms with van der Waals surface area (Å²) in [5.74, 6) is 1.53. The average molecular weight is 377 g/mol. The van der Waals surface area contributed by atoms with Gasteiger partial charge in [0, 0.05) is 24.2 Å². The molecular weight excluding hydrogens is 356 g/mol. The molecule has 138 valence electrons. The maximum atomic E-state index is 12.2. The molecular formula is C18H21ClN4O3. The Morgan fingerprint density at radius 2 is 1.92 bits per heavy atom. The second-order valence-corrected chi connectivity index (χ2v) is 6.45. The van der Waals surface area contributed by atoms with Crippen LogP contribution in [-0.2, 0) is 9.53 Å². The normalized spacial score (nSPS) is 14.2. The molecule has 8 heteroatoms. The summed E-state index contributed by atoms with van der Waals surface area (Å²) in [6.07, 6.45) is 1.44. The lowest BCUT2D eigenvalue weighted by Gasteiger charge is -2.27. The number of anilines is 2. The number of aromatic nitrogens is 2. The Hall–Kier alpha value is -2.38. The van der Waals surface area contributed by atoms with E-state index in [9.17, 15) is 4.79 Å². The number of benzene rings is 1. The monoisotopic (exact) mass is 376 g/mol. The number of amides is 1. The highest BCUT2D eigenvalue weighted by Gasteiger charge is 2.14. The van der Waals surface area contributed by atoms with Crippen molar-refractivity contribution in [3.05, 3.63) is 40.7 Å². The van der Waals surface area contributed by atoms with Crippen LogP contribution in [0.2, 0.25) is 5.02 Å². The second-order valence-electron chi connectivity index (χ2n) is 6.07. The van der Waals surface area contributed by atoms with E-state index in [0.717, 1.165) is 30.0 Å². The zero-order valence-electron chi connectivity index (χ0n) is 14.8. The number of halogens is 1. The van der Waals surface area contributed by atoms with Crippen molar-refractivity contribution < 1.29 is 14.3 Å². The summed E-state index contributed by atoms with van der Waals surface area (Å²) in [6.45, 7) is 6.55. The number of carbonyl (C=O) groups is 1. The van der Waals surface area contributed by atoms with E-state index in [2.05, 4.69) is 20.2 Å². The first-order chi connectivity index (χ1) is 12.5. The third kappa shape index (κ3) is 4.62. The first-order valence-electron chi connectivity index (χ1n) is 8.37. The van der Waals surface area contributed by atoms with Crippen LogP contribution >= 0.6 is 11.6 Å². The van der Waals surface area contributed by atoms with E-state index in [4.69, 9.17) is 21.1 Å². The molecule has 2 aromatic rings. The molecule has 1 fully saturated rings. The first-order valence-corrected chi connectivity index (χ1v) is 8.75. The fourth-order valence-corrected chi connectivity index (χ4v) is 2.81. The quantitative estimate of drug-likeness (QED) is 0.864. The maximum absolute atomic E-state index is 12.2. The zero-order chi connectivity index (χ0) is 18.5. The zero-order valence-corrected chi connectivity index (χ0v) is 15.5. The highest BCUT2D eigenvalue weighted by Crippen LogP contribution is 2.25. The molecule has 0 radical (unpaired) electrons. The lowest BCUT2D eigenvalue weighted by atomic mass is 10.1. The van der Waals surface area contributed by atoms with E-state index in [-0.39, 0.29) is 12.5 Å². The largest absolute Gasteiger partial charge is 0.484 e. The van der Waals surface area contributed by atoms with Crippen molar-refractivity contribution in [2.24, 2.45) is 0 Å². The third-order valence-corrected chi connectivity index (χ3v) is 4.63. The van der Waals surface area contributed by atoms with Crippen LogP contribution in [0.25, 0.3) is 0 Å². The number of ether oxygens (including phenoxy) is 2. The molecule has 1 saturated heterocycles. The Balaban J connectivity index is 1.58. The van der Waals surface area contributed by atoms with Gasteiger partial charge in [-0.15, -0.1) is 0 Å². The highest BCUT2D eigenvalue weighted by atomic mass is 35.5. The fraction of sp³-hybridized carbons (Fsp3) is 0.389. The summed E-state index contributed by atoms with van der Waals surface area (Å²) in [4.78, 5) is 22.6. The van der Waals surface area contributed by atoms with Crippen LogP contribution in [0.15, 0.2) is 24.5 Å². The number of nitrogens with zero attached hydrogens (tertiary/aromatic N) is 3. The van der Waals surface area contributed by atoms with E-state index >= 15 is 0 Å². The number of hydrogen-bond donors (Lipinski definition) is 1. The van der Waals surface area contributed by atoms with Crippen LogP contribution < -0.4 is 15.0 Å². The van der Waals surface area contributed by atoms with Gasteiger partial charge >= 0.3 is 0 Å². The van der Waals surface area contributed by atoms with Gasteiger partial charge in [0.25, 0.3) is 5.91 Å². The van der Waals surface area contributed by atoms with Crippen molar-refractivity contribution >= 4 is 29.1 Å². The molecule has 1 aromatic carbocycles. The number of hydrogen-bond acceptors (Lipinski definition) is 6. The molecule has 7 nitrogen and oxygen atoms in total. The van der Waals surface area contributed by atoms with Gasteiger partial charge in [0.15, 0.2) is 6.61 Å². The predicted octanol–water partition coefficient (Wildman–Crippen LogP) is 2.60. The molecule has 26 heavy (non-hydrogen) atoms. The Kier molecular flexibility index (Phi) is 5.90. The Morgan fingerprint density at radius 3 is 2.62 bits per heavy atom.